The first-order chi connectivity index (χ1) is 7.78. The standard InChI is InChI=1S/C13H26N2O2/c1-8(2)5-9(7-14)12(17)15-10-6-11(16)13(10,3)4/h8-11,16H,5-7,14H2,1-4H3,(H,15,17). The summed E-state index contributed by atoms with van der Waals surface area (Å²) in [6.07, 6.45) is 1.16. The summed E-state index contributed by atoms with van der Waals surface area (Å²) in [5.41, 5.74) is 5.43. The van der Waals surface area contributed by atoms with Gasteiger partial charge in [0.15, 0.2) is 0 Å². The van der Waals surface area contributed by atoms with Crippen LogP contribution in [0, 0.1) is 17.3 Å². The summed E-state index contributed by atoms with van der Waals surface area (Å²) in [5.74, 6) is 0.393. The monoisotopic (exact) mass is 242 g/mol. The topological polar surface area (TPSA) is 75.4 Å². The number of nitrogens with one attached hydrogen (secondary N) is 1. The van der Waals surface area contributed by atoms with Gasteiger partial charge in [0.1, 0.15) is 0 Å². The third kappa shape index (κ3) is 3.19. The number of carbonyl (C=O) groups is 1. The smallest absolute Gasteiger partial charge is 0.224 e. The van der Waals surface area contributed by atoms with Crippen molar-refractivity contribution in [3.8, 4) is 0 Å². The summed E-state index contributed by atoms with van der Waals surface area (Å²) < 4.78 is 0. The molecule has 0 aromatic heterocycles. The Morgan fingerprint density at radius 2 is 2.12 bits per heavy atom. The zero-order chi connectivity index (χ0) is 13.2. The summed E-state index contributed by atoms with van der Waals surface area (Å²) in [6.45, 7) is 8.53. The largest absolute Gasteiger partial charge is 0.392 e. The molecule has 0 aromatic carbocycles. The number of hydrogen-bond donors (Lipinski definition) is 3. The van der Waals surface area contributed by atoms with Crippen LogP contribution in [0.15, 0.2) is 0 Å². The second kappa shape index (κ2) is 5.36. The molecule has 3 unspecified atom stereocenters. The van der Waals surface area contributed by atoms with E-state index in [1.54, 1.807) is 0 Å². The quantitative estimate of drug-likeness (QED) is 0.670. The van der Waals surface area contributed by atoms with Gasteiger partial charge in [-0.2, -0.15) is 0 Å². The number of amides is 1. The summed E-state index contributed by atoms with van der Waals surface area (Å²) in [5, 5.41) is 12.6. The van der Waals surface area contributed by atoms with Crippen LogP contribution in [-0.2, 0) is 4.79 Å². The molecule has 1 aliphatic rings. The lowest BCUT2D eigenvalue weighted by atomic mass is 9.64. The van der Waals surface area contributed by atoms with Crippen LogP contribution in [0.1, 0.15) is 40.5 Å². The van der Waals surface area contributed by atoms with Crippen LogP contribution in [0.5, 0.6) is 0 Å². The molecule has 1 fully saturated rings. The summed E-state index contributed by atoms with van der Waals surface area (Å²) in [6, 6.07) is 0.0752. The summed E-state index contributed by atoms with van der Waals surface area (Å²) in [4.78, 5) is 12.0. The van der Waals surface area contributed by atoms with Crippen molar-refractivity contribution in [2.45, 2.75) is 52.7 Å². The molecule has 4 nitrogen and oxygen atoms in total. The molecule has 0 aliphatic heterocycles. The van der Waals surface area contributed by atoms with Gasteiger partial charge in [0.05, 0.1) is 12.0 Å². The number of aliphatic hydroxyl groups is 1. The lowest BCUT2D eigenvalue weighted by molar-refractivity contribution is -0.133. The Labute approximate surface area is 104 Å². The Balaban J connectivity index is 2.48. The zero-order valence-corrected chi connectivity index (χ0v) is 11.4. The maximum Gasteiger partial charge on any atom is 0.224 e. The highest BCUT2D eigenvalue weighted by Gasteiger charge is 2.48. The van der Waals surface area contributed by atoms with Crippen LogP contribution in [0.3, 0.4) is 0 Å². The molecule has 1 saturated carbocycles. The Morgan fingerprint density at radius 3 is 2.47 bits per heavy atom. The first-order valence-corrected chi connectivity index (χ1v) is 6.47. The van der Waals surface area contributed by atoms with Gasteiger partial charge in [-0.25, -0.2) is 0 Å². The van der Waals surface area contributed by atoms with Crippen molar-refractivity contribution in [3.05, 3.63) is 0 Å². The summed E-state index contributed by atoms with van der Waals surface area (Å²) >= 11 is 0. The Bertz CT molecular complexity index is 277. The van der Waals surface area contributed by atoms with E-state index in [4.69, 9.17) is 5.73 Å². The SMILES string of the molecule is CC(C)CC(CN)C(=O)NC1CC(O)C1(C)C. The lowest BCUT2D eigenvalue weighted by Crippen LogP contribution is -2.62. The molecule has 1 amide bonds. The number of carbonyl (C=O) groups excluding carboxylic acids is 1. The molecule has 0 saturated heterocycles. The first kappa shape index (κ1) is 14.5. The number of aliphatic hydroxyl groups excluding tert-OH is 1. The van der Waals surface area contributed by atoms with Crippen LogP contribution in [-0.4, -0.2) is 29.7 Å². The highest BCUT2D eigenvalue weighted by atomic mass is 16.3. The van der Waals surface area contributed by atoms with Crippen molar-refractivity contribution < 1.29 is 9.90 Å². The van der Waals surface area contributed by atoms with Crippen molar-refractivity contribution in [1.29, 1.82) is 0 Å². The number of hydrogen-bond acceptors (Lipinski definition) is 3. The molecule has 4 heteroatoms. The van der Waals surface area contributed by atoms with Gasteiger partial charge in [0, 0.05) is 18.0 Å². The molecule has 4 N–H and O–H groups in total. The molecule has 17 heavy (non-hydrogen) atoms. The van der Waals surface area contributed by atoms with E-state index in [1.807, 2.05) is 13.8 Å². The van der Waals surface area contributed by atoms with E-state index in [1.165, 1.54) is 0 Å². The molecule has 1 aliphatic carbocycles. The third-order valence-electron chi connectivity index (χ3n) is 3.94. The van der Waals surface area contributed by atoms with Crippen molar-refractivity contribution >= 4 is 5.91 Å². The first-order valence-electron chi connectivity index (χ1n) is 6.47. The van der Waals surface area contributed by atoms with Gasteiger partial charge in [0.25, 0.3) is 0 Å². The Hall–Kier alpha value is -0.610. The second-order valence-electron chi connectivity index (χ2n) is 6.20. The molecular formula is C13H26N2O2. The third-order valence-corrected chi connectivity index (χ3v) is 3.94. The van der Waals surface area contributed by atoms with Gasteiger partial charge < -0.3 is 16.2 Å². The van der Waals surface area contributed by atoms with Crippen molar-refractivity contribution in [1.82, 2.24) is 5.32 Å². The fraction of sp³-hybridized carbons (Fsp3) is 0.923. The van der Waals surface area contributed by atoms with E-state index in [-0.39, 0.29) is 29.4 Å². The van der Waals surface area contributed by atoms with E-state index < -0.39 is 0 Å². The average Bonchev–Trinajstić information content (AvgIpc) is 2.25. The molecular weight excluding hydrogens is 216 g/mol. The second-order valence-corrected chi connectivity index (χ2v) is 6.20. The van der Waals surface area contributed by atoms with E-state index in [9.17, 15) is 9.90 Å². The van der Waals surface area contributed by atoms with Crippen LogP contribution in [0.2, 0.25) is 0 Å². The number of nitrogens with two attached hydrogens (primary N) is 1. The highest BCUT2D eigenvalue weighted by molar-refractivity contribution is 5.79. The minimum absolute atomic E-state index is 0.0335. The maximum atomic E-state index is 12.0. The molecule has 1 rings (SSSR count). The fourth-order valence-corrected chi connectivity index (χ4v) is 2.32. The molecule has 0 heterocycles. The lowest BCUT2D eigenvalue weighted by Gasteiger charge is -2.49. The molecule has 0 spiro atoms. The highest BCUT2D eigenvalue weighted by Crippen LogP contribution is 2.40. The van der Waals surface area contributed by atoms with E-state index in [0.29, 0.717) is 18.9 Å². The molecule has 0 aromatic rings. The minimum Gasteiger partial charge on any atom is -0.392 e. The van der Waals surface area contributed by atoms with Crippen molar-refractivity contribution in [3.63, 3.8) is 0 Å². The van der Waals surface area contributed by atoms with E-state index in [2.05, 4.69) is 19.2 Å². The van der Waals surface area contributed by atoms with Crippen LogP contribution in [0.4, 0.5) is 0 Å². The minimum atomic E-state index is -0.311. The van der Waals surface area contributed by atoms with Crippen LogP contribution < -0.4 is 11.1 Å². The van der Waals surface area contributed by atoms with Gasteiger partial charge >= 0.3 is 0 Å². The normalized spacial score (nSPS) is 28.6. The van der Waals surface area contributed by atoms with E-state index in [0.717, 1.165) is 6.42 Å². The zero-order valence-electron chi connectivity index (χ0n) is 11.4. The van der Waals surface area contributed by atoms with E-state index >= 15 is 0 Å². The van der Waals surface area contributed by atoms with Gasteiger partial charge in [0.2, 0.25) is 5.91 Å². The number of rotatable bonds is 5. The molecule has 0 radical (unpaired) electrons. The predicted molar refractivity (Wildman–Crippen MR) is 68.3 cm³/mol. The predicted octanol–water partition coefficient (Wildman–Crippen LogP) is 0.883. The van der Waals surface area contributed by atoms with Crippen molar-refractivity contribution in [2.75, 3.05) is 6.54 Å². The molecule has 0 bridgehead atoms. The molecule has 100 valence electrons. The van der Waals surface area contributed by atoms with Crippen LogP contribution >= 0.6 is 0 Å². The van der Waals surface area contributed by atoms with Crippen molar-refractivity contribution in [2.24, 2.45) is 23.0 Å². The maximum absolute atomic E-state index is 12.0. The van der Waals surface area contributed by atoms with Gasteiger partial charge in [-0.3, -0.25) is 4.79 Å². The summed E-state index contributed by atoms with van der Waals surface area (Å²) in [7, 11) is 0. The Morgan fingerprint density at radius 1 is 1.53 bits per heavy atom. The Kier molecular flexibility index (Phi) is 4.55. The van der Waals surface area contributed by atoms with Crippen LogP contribution in [0.25, 0.3) is 0 Å². The van der Waals surface area contributed by atoms with Gasteiger partial charge in [-0.1, -0.05) is 27.7 Å². The van der Waals surface area contributed by atoms with Gasteiger partial charge in [-0.15, -0.1) is 0 Å². The average molecular weight is 242 g/mol. The van der Waals surface area contributed by atoms with Gasteiger partial charge in [-0.05, 0) is 18.8 Å². The molecule has 3 atom stereocenters. The fourth-order valence-electron chi connectivity index (χ4n) is 2.32.